The van der Waals surface area contributed by atoms with E-state index in [1.165, 1.54) is 5.56 Å². The number of hydrogen-bond donors (Lipinski definition) is 0. The standard InChI is InChI=1S/C10H13N3/c1-3-8-5-6-10(12-13-11)9(4-2)7-8/h5-7H,3-4H2,1-2H3. The molecule has 0 atom stereocenters. The molecule has 0 aromatic heterocycles. The number of aryl methyl sites for hydroxylation is 2. The summed E-state index contributed by atoms with van der Waals surface area (Å²) in [5, 5.41) is 3.63. The third-order valence-electron chi connectivity index (χ3n) is 2.09. The van der Waals surface area contributed by atoms with Gasteiger partial charge in [-0.2, -0.15) is 0 Å². The fourth-order valence-electron chi connectivity index (χ4n) is 1.29. The van der Waals surface area contributed by atoms with Crippen molar-refractivity contribution in [2.75, 3.05) is 0 Å². The highest BCUT2D eigenvalue weighted by molar-refractivity contribution is 5.47. The van der Waals surface area contributed by atoms with Gasteiger partial charge in [0.05, 0.1) is 0 Å². The molecular formula is C10H13N3. The highest BCUT2D eigenvalue weighted by Crippen LogP contribution is 2.21. The molecule has 0 N–H and O–H groups in total. The summed E-state index contributed by atoms with van der Waals surface area (Å²) in [7, 11) is 0. The zero-order chi connectivity index (χ0) is 9.68. The van der Waals surface area contributed by atoms with E-state index in [0.717, 1.165) is 24.1 Å². The molecule has 3 nitrogen and oxygen atoms in total. The number of nitrogens with zero attached hydrogens (tertiary/aromatic N) is 3. The first-order valence-corrected chi connectivity index (χ1v) is 4.48. The van der Waals surface area contributed by atoms with Gasteiger partial charge in [0, 0.05) is 10.6 Å². The van der Waals surface area contributed by atoms with E-state index < -0.39 is 0 Å². The zero-order valence-corrected chi connectivity index (χ0v) is 7.99. The van der Waals surface area contributed by atoms with Gasteiger partial charge in [-0.3, -0.25) is 0 Å². The molecule has 0 amide bonds. The van der Waals surface area contributed by atoms with Gasteiger partial charge in [0.25, 0.3) is 0 Å². The van der Waals surface area contributed by atoms with Gasteiger partial charge >= 0.3 is 0 Å². The van der Waals surface area contributed by atoms with Crippen LogP contribution in [-0.4, -0.2) is 0 Å². The van der Waals surface area contributed by atoms with Crippen LogP contribution in [0.5, 0.6) is 0 Å². The average molecular weight is 175 g/mol. The lowest BCUT2D eigenvalue weighted by Gasteiger charge is -2.04. The highest BCUT2D eigenvalue weighted by Gasteiger charge is 1.98. The Balaban J connectivity index is 3.15. The maximum Gasteiger partial charge on any atom is 0.0407 e. The zero-order valence-electron chi connectivity index (χ0n) is 7.99. The highest BCUT2D eigenvalue weighted by atomic mass is 15.1. The van der Waals surface area contributed by atoms with Gasteiger partial charge in [-0.25, -0.2) is 0 Å². The van der Waals surface area contributed by atoms with E-state index in [4.69, 9.17) is 5.53 Å². The molecule has 0 saturated heterocycles. The molecule has 3 heteroatoms. The van der Waals surface area contributed by atoms with Crippen LogP contribution >= 0.6 is 0 Å². The summed E-state index contributed by atoms with van der Waals surface area (Å²) in [5.74, 6) is 0. The predicted octanol–water partition coefficient (Wildman–Crippen LogP) is 3.75. The van der Waals surface area contributed by atoms with E-state index in [-0.39, 0.29) is 0 Å². The van der Waals surface area contributed by atoms with Gasteiger partial charge in [-0.1, -0.05) is 37.2 Å². The minimum Gasteiger partial charge on any atom is -0.0613 e. The van der Waals surface area contributed by atoms with Crippen molar-refractivity contribution in [2.45, 2.75) is 26.7 Å². The van der Waals surface area contributed by atoms with Crippen molar-refractivity contribution in [3.63, 3.8) is 0 Å². The normalized spacial score (nSPS) is 9.38. The van der Waals surface area contributed by atoms with Crippen molar-refractivity contribution in [1.29, 1.82) is 0 Å². The van der Waals surface area contributed by atoms with E-state index >= 15 is 0 Å². The van der Waals surface area contributed by atoms with Crippen LogP contribution in [0.15, 0.2) is 23.3 Å². The van der Waals surface area contributed by atoms with Crippen molar-refractivity contribution in [3.8, 4) is 0 Å². The van der Waals surface area contributed by atoms with Crippen molar-refractivity contribution >= 4 is 5.69 Å². The molecule has 0 unspecified atom stereocenters. The second kappa shape index (κ2) is 4.53. The molecule has 0 radical (unpaired) electrons. The second-order valence-electron chi connectivity index (χ2n) is 2.86. The van der Waals surface area contributed by atoms with Crippen LogP contribution in [0.2, 0.25) is 0 Å². The maximum atomic E-state index is 8.32. The Bertz CT molecular complexity index is 338. The van der Waals surface area contributed by atoms with Gasteiger partial charge in [0.1, 0.15) is 0 Å². The SMILES string of the molecule is CCc1ccc(N=[N+]=[N-])c(CC)c1. The van der Waals surface area contributed by atoms with Crippen molar-refractivity contribution in [2.24, 2.45) is 5.11 Å². The first-order chi connectivity index (χ1) is 6.31. The van der Waals surface area contributed by atoms with Gasteiger partial charge in [0.15, 0.2) is 0 Å². The van der Waals surface area contributed by atoms with Gasteiger partial charge in [0.2, 0.25) is 0 Å². The summed E-state index contributed by atoms with van der Waals surface area (Å²) < 4.78 is 0. The molecule has 1 aromatic carbocycles. The average Bonchev–Trinajstić information content (AvgIpc) is 2.19. The van der Waals surface area contributed by atoms with E-state index in [2.05, 4.69) is 29.9 Å². The van der Waals surface area contributed by atoms with E-state index in [0.29, 0.717) is 0 Å². The Hall–Kier alpha value is -1.47. The molecular weight excluding hydrogens is 162 g/mol. The Morgan fingerprint density at radius 1 is 1.31 bits per heavy atom. The number of hydrogen-bond acceptors (Lipinski definition) is 1. The molecule has 0 saturated carbocycles. The fourth-order valence-corrected chi connectivity index (χ4v) is 1.29. The Kier molecular flexibility index (Phi) is 3.35. The molecule has 0 aliphatic carbocycles. The third kappa shape index (κ3) is 2.23. The Labute approximate surface area is 78.0 Å². The van der Waals surface area contributed by atoms with Crippen molar-refractivity contribution < 1.29 is 0 Å². The van der Waals surface area contributed by atoms with Crippen LogP contribution in [0.1, 0.15) is 25.0 Å². The van der Waals surface area contributed by atoms with Crippen LogP contribution in [0.4, 0.5) is 5.69 Å². The molecule has 1 rings (SSSR count). The summed E-state index contributed by atoms with van der Waals surface area (Å²) in [5.41, 5.74) is 11.5. The van der Waals surface area contributed by atoms with Crippen LogP contribution in [-0.2, 0) is 12.8 Å². The van der Waals surface area contributed by atoms with Gasteiger partial charge in [-0.15, -0.1) is 0 Å². The molecule has 0 fully saturated rings. The molecule has 0 heterocycles. The molecule has 0 aliphatic heterocycles. The molecule has 68 valence electrons. The second-order valence-corrected chi connectivity index (χ2v) is 2.86. The summed E-state index contributed by atoms with van der Waals surface area (Å²) in [6, 6.07) is 5.99. The van der Waals surface area contributed by atoms with Gasteiger partial charge < -0.3 is 0 Å². The third-order valence-corrected chi connectivity index (χ3v) is 2.09. The number of azide groups is 1. The quantitative estimate of drug-likeness (QED) is 0.381. The van der Waals surface area contributed by atoms with Crippen LogP contribution < -0.4 is 0 Å². The van der Waals surface area contributed by atoms with Crippen molar-refractivity contribution in [3.05, 3.63) is 39.8 Å². The first kappa shape index (κ1) is 9.62. The van der Waals surface area contributed by atoms with Crippen LogP contribution in [0, 0.1) is 0 Å². The lowest BCUT2D eigenvalue weighted by molar-refractivity contribution is 1.08. The molecule has 0 aliphatic rings. The summed E-state index contributed by atoms with van der Waals surface area (Å²) in [6.45, 7) is 4.17. The van der Waals surface area contributed by atoms with Gasteiger partial charge in [-0.05, 0) is 29.5 Å². The van der Waals surface area contributed by atoms with Crippen LogP contribution in [0.3, 0.4) is 0 Å². The largest absolute Gasteiger partial charge is 0.0613 e. The fraction of sp³-hybridized carbons (Fsp3) is 0.400. The minimum atomic E-state index is 0.752. The van der Waals surface area contributed by atoms with E-state index in [1.54, 1.807) is 0 Å². The lowest BCUT2D eigenvalue weighted by Crippen LogP contribution is -1.85. The topological polar surface area (TPSA) is 48.8 Å². The molecule has 0 spiro atoms. The maximum absolute atomic E-state index is 8.32. The predicted molar refractivity (Wildman–Crippen MR) is 54.0 cm³/mol. The Morgan fingerprint density at radius 2 is 2.08 bits per heavy atom. The molecule has 13 heavy (non-hydrogen) atoms. The number of rotatable bonds is 3. The molecule has 0 bridgehead atoms. The smallest absolute Gasteiger partial charge is 0.0407 e. The summed E-state index contributed by atoms with van der Waals surface area (Å²) >= 11 is 0. The van der Waals surface area contributed by atoms with Crippen LogP contribution in [0.25, 0.3) is 10.4 Å². The molecule has 1 aromatic rings. The van der Waals surface area contributed by atoms with E-state index in [9.17, 15) is 0 Å². The summed E-state index contributed by atoms with van der Waals surface area (Å²) in [6.07, 6.45) is 1.92. The lowest BCUT2D eigenvalue weighted by atomic mass is 10.1. The summed E-state index contributed by atoms with van der Waals surface area (Å²) in [4.78, 5) is 2.80. The first-order valence-electron chi connectivity index (χ1n) is 4.48. The van der Waals surface area contributed by atoms with Crippen molar-refractivity contribution in [1.82, 2.24) is 0 Å². The Morgan fingerprint density at radius 3 is 2.62 bits per heavy atom. The van der Waals surface area contributed by atoms with E-state index in [1.807, 2.05) is 12.1 Å². The monoisotopic (exact) mass is 175 g/mol. The minimum absolute atomic E-state index is 0.752. The number of benzene rings is 1.